The number of ether oxygens (including phenoxy) is 1. The Morgan fingerprint density at radius 2 is 1.72 bits per heavy atom. The first-order valence-electron chi connectivity index (χ1n) is 7.45. The van der Waals surface area contributed by atoms with Crippen molar-refractivity contribution in [1.82, 2.24) is 0 Å². The maximum Gasteiger partial charge on any atom is 0.334 e. The smallest absolute Gasteiger partial charge is 0.334 e. The summed E-state index contributed by atoms with van der Waals surface area (Å²) in [6.45, 7) is 2.14. The molecule has 4 aliphatic carbocycles. The molecule has 4 saturated carbocycles. The van der Waals surface area contributed by atoms with E-state index >= 15 is 0 Å². The molecule has 1 atom stereocenters. The van der Waals surface area contributed by atoms with Crippen LogP contribution in [0, 0.1) is 23.2 Å². The van der Waals surface area contributed by atoms with Crippen LogP contribution >= 0.6 is 0 Å². The molecule has 0 aromatic rings. The number of esters is 1. The molecule has 4 fully saturated rings. The molecule has 0 aromatic heterocycles. The molecule has 0 spiro atoms. The lowest BCUT2D eigenvalue weighted by atomic mass is 9.48. The Labute approximate surface area is 109 Å². The van der Waals surface area contributed by atoms with Gasteiger partial charge in [0.25, 0.3) is 0 Å². The zero-order valence-corrected chi connectivity index (χ0v) is 11.2. The summed E-state index contributed by atoms with van der Waals surface area (Å²) in [6, 6.07) is 0. The van der Waals surface area contributed by atoms with Crippen molar-refractivity contribution in [1.29, 1.82) is 0 Å². The van der Waals surface area contributed by atoms with Crippen molar-refractivity contribution < 1.29 is 14.6 Å². The first-order chi connectivity index (χ1) is 8.60. The molecule has 3 heteroatoms. The largest absolute Gasteiger partial charge is 0.464 e. The van der Waals surface area contributed by atoms with Gasteiger partial charge < -0.3 is 9.84 Å². The van der Waals surface area contributed by atoms with Crippen LogP contribution in [-0.4, -0.2) is 23.8 Å². The number of rotatable bonds is 4. The quantitative estimate of drug-likeness (QED) is 0.782. The van der Waals surface area contributed by atoms with Crippen molar-refractivity contribution >= 4 is 5.97 Å². The lowest BCUT2D eigenvalue weighted by molar-refractivity contribution is -0.158. The fraction of sp³-hybridized carbons (Fsp3) is 0.933. The fourth-order valence-corrected chi connectivity index (χ4v) is 5.27. The molecular weight excluding hydrogens is 228 g/mol. The van der Waals surface area contributed by atoms with E-state index in [1.165, 1.54) is 38.5 Å². The molecule has 0 aromatic carbocycles. The molecule has 18 heavy (non-hydrogen) atoms. The van der Waals surface area contributed by atoms with Gasteiger partial charge in [-0.2, -0.15) is 0 Å². The first-order valence-corrected chi connectivity index (χ1v) is 7.45. The molecule has 3 nitrogen and oxygen atoms in total. The van der Waals surface area contributed by atoms with Crippen LogP contribution in [0.5, 0.6) is 0 Å². The predicted octanol–water partition coefficient (Wildman–Crippen LogP) is 2.52. The molecular formula is C15H24O3. The zero-order chi connectivity index (χ0) is 12.8. The summed E-state index contributed by atoms with van der Waals surface area (Å²) in [5.41, 5.74) is 0.251. The molecule has 1 N–H and O–H groups in total. The standard InChI is InChI=1S/C15H24O3/c1-2-18-14(17)13(16)9-15-6-10-3-11(7-15)5-12(4-10)8-15/h10-13,16H,2-9H2,1H3. The Balaban J connectivity index is 1.66. The number of hydrogen-bond acceptors (Lipinski definition) is 3. The van der Waals surface area contributed by atoms with Crippen LogP contribution in [0.3, 0.4) is 0 Å². The second-order valence-electron chi connectivity index (χ2n) is 6.89. The van der Waals surface area contributed by atoms with Crippen molar-refractivity contribution in [3.8, 4) is 0 Å². The molecule has 102 valence electrons. The van der Waals surface area contributed by atoms with Crippen LogP contribution < -0.4 is 0 Å². The summed E-state index contributed by atoms with van der Waals surface area (Å²) in [4.78, 5) is 11.6. The second-order valence-corrected chi connectivity index (χ2v) is 6.89. The van der Waals surface area contributed by atoms with Gasteiger partial charge in [-0.3, -0.25) is 0 Å². The summed E-state index contributed by atoms with van der Waals surface area (Å²) >= 11 is 0. The van der Waals surface area contributed by atoms with Crippen LogP contribution in [0.15, 0.2) is 0 Å². The molecule has 4 bridgehead atoms. The number of aliphatic hydroxyl groups is 1. The Bertz CT molecular complexity index is 301. The number of carbonyl (C=O) groups is 1. The van der Waals surface area contributed by atoms with Crippen LogP contribution in [0.1, 0.15) is 51.9 Å². The summed E-state index contributed by atoms with van der Waals surface area (Å²) in [7, 11) is 0. The minimum atomic E-state index is -0.902. The summed E-state index contributed by atoms with van der Waals surface area (Å²) in [6.07, 6.45) is 7.62. The van der Waals surface area contributed by atoms with Gasteiger partial charge in [0.15, 0.2) is 6.10 Å². The highest BCUT2D eigenvalue weighted by molar-refractivity contribution is 5.74. The van der Waals surface area contributed by atoms with Crippen LogP contribution in [0.2, 0.25) is 0 Å². The summed E-state index contributed by atoms with van der Waals surface area (Å²) < 4.78 is 4.93. The van der Waals surface area contributed by atoms with E-state index in [1.807, 2.05) is 0 Å². The molecule has 4 rings (SSSR count). The number of aliphatic hydroxyl groups excluding tert-OH is 1. The fourth-order valence-electron chi connectivity index (χ4n) is 5.27. The maximum atomic E-state index is 11.6. The molecule has 0 aliphatic heterocycles. The van der Waals surface area contributed by atoms with Gasteiger partial charge in [-0.1, -0.05) is 0 Å². The number of hydrogen-bond donors (Lipinski definition) is 1. The molecule has 1 unspecified atom stereocenters. The highest BCUT2D eigenvalue weighted by Crippen LogP contribution is 2.61. The van der Waals surface area contributed by atoms with Crippen molar-refractivity contribution in [3.05, 3.63) is 0 Å². The molecule has 0 saturated heterocycles. The van der Waals surface area contributed by atoms with Crippen molar-refractivity contribution in [2.75, 3.05) is 6.61 Å². The van der Waals surface area contributed by atoms with E-state index in [-0.39, 0.29) is 5.41 Å². The van der Waals surface area contributed by atoms with E-state index in [4.69, 9.17) is 4.74 Å². The van der Waals surface area contributed by atoms with Crippen molar-refractivity contribution in [3.63, 3.8) is 0 Å². The molecule has 0 radical (unpaired) electrons. The summed E-state index contributed by atoms with van der Waals surface area (Å²) in [5, 5.41) is 10.0. The Morgan fingerprint density at radius 1 is 1.22 bits per heavy atom. The van der Waals surface area contributed by atoms with Crippen LogP contribution in [-0.2, 0) is 9.53 Å². The van der Waals surface area contributed by atoms with Crippen molar-refractivity contribution in [2.24, 2.45) is 23.2 Å². The van der Waals surface area contributed by atoms with Gasteiger partial charge in [0, 0.05) is 0 Å². The van der Waals surface area contributed by atoms with Crippen LogP contribution in [0.4, 0.5) is 0 Å². The number of carbonyl (C=O) groups excluding carboxylic acids is 1. The van der Waals surface area contributed by atoms with E-state index in [0.717, 1.165) is 17.8 Å². The van der Waals surface area contributed by atoms with Gasteiger partial charge in [-0.05, 0) is 75.0 Å². The SMILES string of the molecule is CCOC(=O)C(O)CC12CC3CC(CC(C3)C1)C2. The highest BCUT2D eigenvalue weighted by atomic mass is 16.5. The Kier molecular flexibility index (Phi) is 3.13. The van der Waals surface area contributed by atoms with Gasteiger partial charge in [-0.25, -0.2) is 4.79 Å². The predicted molar refractivity (Wildman–Crippen MR) is 67.9 cm³/mol. The lowest BCUT2D eigenvalue weighted by Gasteiger charge is -2.57. The third-order valence-corrected chi connectivity index (χ3v) is 5.35. The third kappa shape index (κ3) is 2.18. The van der Waals surface area contributed by atoms with E-state index < -0.39 is 12.1 Å². The minimum absolute atomic E-state index is 0.251. The highest BCUT2D eigenvalue weighted by Gasteiger charge is 2.51. The topological polar surface area (TPSA) is 46.5 Å². The monoisotopic (exact) mass is 252 g/mol. The van der Waals surface area contributed by atoms with Gasteiger partial charge in [0.05, 0.1) is 6.61 Å². The van der Waals surface area contributed by atoms with Gasteiger partial charge in [0.2, 0.25) is 0 Å². The average Bonchev–Trinajstić information content (AvgIpc) is 2.26. The zero-order valence-electron chi connectivity index (χ0n) is 11.2. The van der Waals surface area contributed by atoms with Gasteiger partial charge in [-0.15, -0.1) is 0 Å². The Morgan fingerprint density at radius 3 is 2.17 bits per heavy atom. The molecule has 0 amide bonds. The third-order valence-electron chi connectivity index (χ3n) is 5.35. The van der Waals surface area contributed by atoms with E-state index in [0.29, 0.717) is 13.0 Å². The second kappa shape index (κ2) is 4.52. The van der Waals surface area contributed by atoms with E-state index in [1.54, 1.807) is 6.92 Å². The molecule has 4 aliphatic rings. The Hall–Kier alpha value is -0.570. The summed E-state index contributed by atoms with van der Waals surface area (Å²) in [5.74, 6) is 2.18. The van der Waals surface area contributed by atoms with Gasteiger partial charge >= 0.3 is 5.97 Å². The maximum absolute atomic E-state index is 11.6. The van der Waals surface area contributed by atoms with Crippen LogP contribution in [0.25, 0.3) is 0 Å². The lowest BCUT2D eigenvalue weighted by Crippen LogP contribution is -2.48. The van der Waals surface area contributed by atoms with Gasteiger partial charge in [0.1, 0.15) is 0 Å². The average molecular weight is 252 g/mol. The minimum Gasteiger partial charge on any atom is -0.464 e. The van der Waals surface area contributed by atoms with E-state index in [2.05, 4.69) is 0 Å². The first kappa shape index (κ1) is 12.5. The normalized spacial score (nSPS) is 42.9. The molecule has 0 heterocycles. The van der Waals surface area contributed by atoms with E-state index in [9.17, 15) is 9.90 Å². The van der Waals surface area contributed by atoms with Crippen molar-refractivity contribution in [2.45, 2.75) is 58.0 Å².